The van der Waals surface area contributed by atoms with Crippen LogP contribution in [0.4, 0.5) is 9.57 Å². The van der Waals surface area contributed by atoms with Crippen LogP contribution in [0.2, 0.25) is 0 Å². The zero-order valence-corrected chi connectivity index (χ0v) is 16.7. The molecule has 0 saturated carbocycles. The van der Waals surface area contributed by atoms with Gasteiger partial charge < -0.3 is 8.86 Å². The van der Waals surface area contributed by atoms with E-state index in [1.165, 1.54) is 0 Å². The minimum atomic E-state index is -4.70. The lowest BCUT2D eigenvalue weighted by atomic mass is 10.1. The van der Waals surface area contributed by atoms with Gasteiger partial charge in [-0.1, -0.05) is 48.0 Å². The van der Waals surface area contributed by atoms with E-state index in [0.29, 0.717) is 12.1 Å². The van der Waals surface area contributed by atoms with Gasteiger partial charge in [0.25, 0.3) is 0 Å². The monoisotopic (exact) mass is 412 g/mol. The molecule has 2 aromatic rings. The van der Waals surface area contributed by atoms with Gasteiger partial charge in [0.1, 0.15) is 0 Å². The second-order valence-electron chi connectivity index (χ2n) is 6.42. The summed E-state index contributed by atoms with van der Waals surface area (Å²) in [7, 11) is -4.70. The molecule has 0 N–H and O–H groups in total. The molecule has 0 saturated heterocycles. The lowest BCUT2D eigenvalue weighted by Crippen LogP contribution is -2.28. The highest BCUT2D eigenvalue weighted by molar-refractivity contribution is 7.87. The molecule has 2 unspecified atom stereocenters. The molecule has 8 heteroatoms. The standard InChI is InChI=1S/C19H24FNO4S2/c1-16-9-12-18(13-10-16)21(26(22)23)15-5-8-19(27(20,24)25)14-11-17-6-3-2-4-7-17/h2-4,6-7,9-10,12-13,19H,5,8,11,14-15H2,1H3,(H,22,23)/p-1. The van der Waals surface area contributed by atoms with Crippen LogP contribution in [-0.4, -0.2) is 29.0 Å². The first-order valence-corrected chi connectivity index (χ1v) is 11.2. The zero-order valence-electron chi connectivity index (χ0n) is 15.1. The summed E-state index contributed by atoms with van der Waals surface area (Å²) in [5, 5.41) is -1.14. The topological polar surface area (TPSA) is 77.5 Å². The van der Waals surface area contributed by atoms with Crippen LogP contribution in [0.5, 0.6) is 0 Å². The van der Waals surface area contributed by atoms with Crippen molar-refractivity contribution in [1.29, 1.82) is 0 Å². The highest BCUT2D eigenvalue weighted by Gasteiger charge is 2.24. The number of aryl methyl sites for hydroxylation is 2. The lowest BCUT2D eigenvalue weighted by molar-refractivity contribution is 0.510. The van der Waals surface area contributed by atoms with Crippen molar-refractivity contribution in [2.24, 2.45) is 0 Å². The van der Waals surface area contributed by atoms with Crippen molar-refractivity contribution in [3.63, 3.8) is 0 Å². The fraction of sp³-hybridized carbons (Fsp3) is 0.368. The predicted molar refractivity (Wildman–Crippen MR) is 105 cm³/mol. The third-order valence-electron chi connectivity index (χ3n) is 4.39. The number of hydrogen-bond acceptors (Lipinski definition) is 4. The average Bonchev–Trinajstić information content (AvgIpc) is 2.61. The maximum atomic E-state index is 13.6. The van der Waals surface area contributed by atoms with E-state index in [2.05, 4.69) is 0 Å². The van der Waals surface area contributed by atoms with Crippen LogP contribution in [0, 0.1) is 6.92 Å². The van der Waals surface area contributed by atoms with Crippen molar-refractivity contribution in [2.75, 3.05) is 10.8 Å². The third-order valence-corrected chi connectivity index (χ3v) is 6.41. The Balaban J connectivity index is 1.96. The van der Waals surface area contributed by atoms with Crippen molar-refractivity contribution in [3.8, 4) is 0 Å². The van der Waals surface area contributed by atoms with E-state index in [-0.39, 0.29) is 25.8 Å². The van der Waals surface area contributed by atoms with Crippen LogP contribution >= 0.6 is 0 Å². The summed E-state index contributed by atoms with van der Waals surface area (Å²) < 4.78 is 60.7. The van der Waals surface area contributed by atoms with Gasteiger partial charge >= 0.3 is 10.2 Å². The van der Waals surface area contributed by atoms with E-state index in [1.54, 1.807) is 24.3 Å². The van der Waals surface area contributed by atoms with E-state index < -0.39 is 26.7 Å². The van der Waals surface area contributed by atoms with Crippen molar-refractivity contribution >= 4 is 27.2 Å². The normalized spacial score (nSPS) is 13.9. The van der Waals surface area contributed by atoms with E-state index in [0.717, 1.165) is 15.4 Å². The highest BCUT2D eigenvalue weighted by Crippen LogP contribution is 2.21. The fourth-order valence-corrected chi connectivity index (χ4v) is 4.28. The number of hydrogen-bond donors (Lipinski definition) is 0. The molecular weight excluding hydrogens is 389 g/mol. The number of nitrogens with zero attached hydrogens (tertiary/aromatic N) is 1. The fourth-order valence-electron chi connectivity index (χ4n) is 2.86. The summed E-state index contributed by atoms with van der Waals surface area (Å²) >= 11 is -2.49. The molecule has 0 bridgehead atoms. The summed E-state index contributed by atoms with van der Waals surface area (Å²) in [6.07, 6.45) is 0.910. The molecule has 0 aliphatic heterocycles. The van der Waals surface area contributed by atoms with Gasteiger partial charge in [0.05, 0.1) is 5.25 Å². The van der Waals surface area contributed by atoms with Gasteiger partial charge in [-0.3, -0.25) is 4.21 Å². The van der Waals surface area contributed by atoms with Crippen molar-refractivity contribution in [1.82, 2.24) is 0 Å². The Labute approximate surface area is 162 Å². The molecule has 0 fully saturated rings. The Morgan fingerprint density at radius 1 is 1.07 bits per heavy atom. The van der Waals surface area contributed by atoms with Gasteiger partial charge in [0, 0.05) is 23.5 Å². The number of halogens is 1. The second kappa shape index (κ2) is 9.96. The quantitative estimate of drug-likeness (QED) is 0.441. The second-order valence-corrected chi connectivity index (χ2v) is 8.91. The van der Waals surface area contributed by atoms with Crippen LogP contribution in [-0.2, 0) is 27.9 Å². The molecule has 2 atom stereocenters. The van der Waals surface area contributed by atoms with Crippen LogP contribution < -0.4 is 4.31 Å². The average molecular weight is 413 g/mol. The molecule has 0 amide bonds. The molecule has 0 aliphatic rings. The summed E-state index contributed by atoms with van der Waals surface area (Å²) in [5.41, 5.74) is 2.44. The lowest BCUT2D eigenvalue weighted by Gasteiger charge is -2.27. The number of anilines is 1. The third kappa shape index (κ3) is 7.04. The molecule has 0 spiro atoms. The van der Waals surface area contributed by atoms with Gasteiger partial charge in [-0.05, 0) is 50.3 Å². The first kappa shape index (κ1) is 21.5. The SMILES string of the molecule is Cc1ccc(N(CCCC(CCc2ccccc2)S(=O)(=O)F)S(=O)[O-])cc1. The molecule has 148 valence electrons. The summed E-state index contributed by atoms with van der Waals surface area (Å²) in [6, 6.07) is 16.2. The smallest absolute Gasteiger partial charge is 0.305 e. The van der Waals surface area contributed by atoms with Gasteiger partial charge in [-0.2, -0.15) is 8.42 Å². The molecular formula is C19H23FNO4S2-. The van der Waals surface area contributed by atoms with Gasteiger partial charge in [0.15, 0.2) is 0 Å². The van der Waals surface area contributed by atoms with E-state index >= 15 is 0 Å². The maximum Gasteiger partial charge on any atom is 0.305 e. The summed E-state index contributed by atoms with van der Waals surface area (Å²) in [5.74, 6) is 0. The van der Waals surface area contributed by atoms with Crippen LogP contribution in [0.25, 0.3) is 0 Å². The van der Waals surface area contributed by atoms with Crippen molar-refractivity contribution < 1.29 is 21.1 Å². The Bertz CT molecular complexity index is 842. The number of rotatable bonds is 10. The zero-order chi connectivity index (χ0) is 19.9. The highest BCUT2D eigenvalue weighted by atomic mass is 32.3. The molecule has 5 nitrogen and oxygen atoms in total. The van der Waals surface area contributed by atoms with Gasteiger partial charge in [0.2, 0.25) is 0 Å². The summed E-state index contributed by atoms with van der Waals surface area (Å²) in [4.78, 5) is 0. The Morgan fingerprint density at radius 3 is 2.26 bits per heavy atom. The Hall–Kier alpha value is -1.77. The predicted octanol–water partition coefficient (Wildman–Crippen LogP) is 3.68. The molecule has 2 aromatic carbocycles. The first-order chi connectivity index (χ1) is 12.8. The minimum absolute atomic E-state index is 0.0607. The minimum Gasteiger partial charge on any atom is -0.755 e. The van der Waals surface area contributed by atoms with E-state index in [9.17, 15) is 21.1 Å². The van der Waals surface area contributed by atoms with Crippen LogP contribution in [0.15, 0.2) is 54.6 Å². The van der Waals surface area contributed by atoms with E-state index in [4.69, 9.17) is 0 Å². The van der Waals surface area contributed by atoms with Crippen LogP contribution in [0.1, 0.15) is 30.4 Å². The summed E-state index contributed by atoms with van der Waals surface area (Å²) in [6.45, 7) is 1.99. The Morgan fingerprint density at radius 2 is 1.70 bits per heavy atom. The van der Waals surface area contributed by atoms with Crippen molar-refractivity contribution in [3.05, 3.63) is 65.7 Å². The molecule has 0 heterocycles. The maximum absolute atomic E-state index is 13.6. The first-order valence-electron chi connectivity index (χ1n) is 8.68. The van der Waals surface area contributed by atoms with Crippen LogP contribution in [0.3, 0.4) is 0 Å². The van der Waals surface area contributed by atoms with E-state index in [1.807, 2.05) is 37.3 Å². The molecule has 0 aromatic heterocycles. The van der Waals surface area contributed by atoms with Gasteiger partial charge in [-0.25, -0.2) is 0 Å². The van der Waals surface area contributed by atoms with Crippen molar-refractivity contribution in [2.45, 2.75) is 37.9 Å². The van der Waals surface area contributed by atoms with Gasteiger partial charge in [-0.15, -0.1) is 3.89 Å². The molecule has 0 aliphatic carbocycles. The molecule has 0 radical (unpaired) electrons. The molecule has 27 heavy (non-hydrogen) atoms. The largest absolute Gasteiger partial charge is 0.755 e. The Kier molecular flexibility index (Phi) is 7.94. The number of benzene rings is 2. The molecule has 2 rings (SSSR count).